The Morgan fingerprint density at radius 2 is 1.73 bits per heavy atom. The predicted molar refractivity (Wildman–Crippen MR) is 92.9 cm³/mol. The first kappa shape index (κ1) is 13.8. The summed E-state index contributed by atoms with van der Waals surface area (Å²) in [5.41, 5.74) is 11.5. The predicted octanol–water partition coefficient (Wildman–Crippen LogP) is 4.19. The van der Waals surface area contributed by atoms with Crippen molar-refractivity contribution in [3.63, 3.8) is 0 Å². The molecule has 2 heteroatoms. The van der Waals surface area contributed by atoms with Crippen LogP contribution in [0.5, 0.6) is 0 Å². The molecule has 2 N–H and O–H groups in total. The average molecular weight is 292 g/mol. The minimum Gasteiger partial charge on any atom is -0.371 e. The summed E-state index contributed by atoms with van der Waals surface area (Å²) in [4.78, 5) is 2.58. The topological polar surface area (TPSA) is 29.3 Å². The maximum atomic E-state index is 5.77. The summed E-state index contributed by atoms with van der Waals surface area (Å²) in [7, 11) is 0. The van der Waals surface area contributed by atoms with E-state index in [0.29, 0.717) is 12.0 Å². The SMILES string of the molecule is NCc1cccc(-c2cccc(N3CCC4(CCC4)C3)c2)c1. The summed E-state index contributed by atoms with van der Waals surface area (Å²) in [6, 6.07) is 17.6. The van der Waals surface area contributed by atoms with Gasteiger partial charge in [-0.3, -0.25) is 0 Å². The molecule has 1 saturated carbocycles. The van der Waals surface area contributed by atoms with Gasteiger partial charge in [-0.2, -0.15) is 0 Å². The molecule has 2 aromatic rings. The molecule has 1 spiro atoms. The fourth-order valence-electron chi connectivity index (χ4n) is 4.00. The second kappa shape index (κ2) is 5.44. The monoisotopic (exact) mass is 292 g/mol. The van der Waals surface area contributed by atoms with Crippen molar-refractivity contribution in [2.24, 2.45) is 11.1 Å². The highest BCUT2D eigenvalue weighted by Crippen LogP contribution is 2.49. The number of nitrogens with zero attached hydrogens (tertiary/aromatic N) is 1. The van der Waals surface area contributed by atoms with Gasteiger partial charge < -0.3 is 10.6 Å². The van der Waals surface area contributed by atoms with Crippen molar-refractivity contribution in [3.05, 3.63) is 54.1 Å². The molecule has 2 aromatic carbocycles. The van der Waals surface area contributed by atoms with Crippen LogP contribution in [0.1, 0.15) is 31.2 Å². The van der Waals surface area contributed by atoms with Crippen LogP contribution >= 0.6 is 0 Å². The van der Waals surface area contributed by atoms with Gasteiger partial charge in [0.2, 0.25) is 0 Å². The van der Waals surface area contributed by atoms with Crippen LogP contribution in [0.2, 0.25) is 0 Å². The summed E-state index contributed by atoms with van der Waals surface area (Å²) in [5, 5.41) is 0. The molecule has 114 valence electrons. The molecular weight excluding hydrogens is 268 g/mol. The van der Waals surface area contributed by atoms with E-state index in [0.717, 1.165) is 0 Å². The zero-order valence-corrected chi connectivity index (χ0v) is 13.1. The highest BCUT2D eigenvalue weighted by Gasteiger charge is 2.42. The van der Waals surface area contributed by atoms with E-state index < -0.39 is 0 Å². The van der Waals surface area contributed by atoms with E-state index in [1.807, 2.05) is 0 Å². The van der Waals surface area contributed by atoms with Crippen LogP contribution in [0.3, 0.4) is 0 Å². The smallest absolute Gasteiger partial charge is 0.0372 e. The molecule has 2 nitrogen and oxygen atoms in total. The lowest BCUT2D eigenvalue weighted by Gasteiger charge is -2.38. The van der Waals surface area contributed by atoms with Gasteiger partial charge in [-0.15, -0.1) is 0 Å². The van der Waals surface area contributed by atoms with E-state index >= 15 is 0 Å². The molecular formula is C20H24N2. The first-order chi connectivity index (χ1) is 10.8. The van der Waals surface area contributed by atoms with E-state index in [4.69, 9.17) is 5.73 Å². The van der Waals surface area contributed by atoms with Crippen molar-refractivity contribution in [1.29, 1.82) is 0 Å². The number of benzene rings is 2. The second-order valence-electron chi connectivity index (χ2n) is 6.98. The maximum absolute atomic E-state index is 5.77. The summed E-state index contributed by atoms with van der Waals surface area (Å²) in [5.74, 6) is 0. The number of nitrogens with two attached hydrogens (primary N) is 1. The molecule has 0 amide bonds. The third kappa shape index (κ3) is 2.42. The minimum atomic E-state index is 0.599. The van der Waals surface area contributed by atoms with E-state index in [2.05, 4.69) is 53.4 Å². The first-order valence-corrected chi connectivity index (χ1v) is 8.42. The third-order valence-electron chi connectivity index (χ3n) is 5.56. The van der Waals surface area contributed by atoms with Gasteiger partial charge in [0.05, 0.1) is 0 Å². The molecule has 4 rings (SSSR count). The Balaban J connectivity index is 1.60. The molecule has 22 heavy (non-hydrogen) atoms. The number of hydrogen-bond donors (Lipinski definition) is 1. The highest BCUT2D eigenvalue weighted by molar-refractivity contribution is 5.69. The Hall–Kier alpha value is -1.80. The van der Waals surface area contributed by atoms with Gasteiger partial charge in [0, 0.05) is 25.3 Å². The Bertz CT molecular complexity index is 673. The van der Waals surface area contributed by atoms with Crippen molar-refractivity contribution in [1.82, 2.24) is 0 Å². The number of hydrogen-bond acceptors (Lipinski definition) is 2. The van der Waals surface area contributed by atoms with Crippen molar-refractivity contribution >= 4 is 5.69 Å². The molecule has 0 aromatic heterocycles. The Morgan fingerprint density at radius 3 is 2.41 bits per heavy atom. The lowest BCUT2D eigenvalue weighted by molar-refractivity contribution is 0.165. The van der Waals surface area contributed by atoms with Crippen molar-refractivity contribution in [2.45, 2.75) is 32.2 Å². The van der Waals surface area contributed by atoms with Crippen LogP contribution in [0.25, 0.3) is 11.1 Å². The van der Waals surface area contributed by atoms with Crippen LogP contribution < -0.4 is 10.6 Å². The van der Waals surface area contributed by atoms with E-state index in [1.165, 1.54) is 61.2 Å². The fraction of sp³-hybridized carbons (Fsp3) is 0.400. The number of anilines is 1. The summed E-state index contributed by atoms with van der Waals surface area (Å²) in [6.07, 6.45) is 5.67. The van der Waals surface area contributed by atoms with Gasteiger partial charge in [-0.25, -0.2) is 0 Å². The molecule has 2 fully saturated rings. The second-order valence-corrected chi connectivity index (χ2v) is 6.98. The molecule has 2 aliphatic rings. The summed E-state index contributed by atoms with van der Waals surface area (Å²) < 4.78 is 0. The molecule has 0 atom stereocenters. The molecule has 0 unspecified atom stereocenters. The van der Waals surface area contributed by atoms with Crippen LogP contribution in [0.4, 0.5) is 5.69 Å². The Labute approximate surface area is 132 Å². The van der Waals surface area contributed by atoms with Crippen molar-refractivity contribution in [3.8, 4) is 11.1 Å². The molecule has 0 radical (unpaired) electrons. The third-order valence-corrected chi connectivity index (χ3v) is 5.56. The van der Waals surface area contributed by atoms with Crippen molar-refractivity contribution < 1.29 is 0 Å². The largest absolute Gasteiger partial charge is 0.371 e. The lowest BCUT2D eigenvalue weighted by Crippen LogP contribution is -2.33. The standard InChI is InChI=1S/C20H24N2/c21-14-16-4-1-5-17(12-16)18-6-2-7-19(13-18)22-11-10-20(15-22)8-3-9-20/h1-2,4-7,12-13H,3,8-11,14-15,21H2. The van der Waals surface area contributed by atoms with Crippen LogP contribution in [0, 0.1) is 5.41 Å². The van der Waals surface area contributed by atoms with Crippen LogP contribution in [-0.2, 0) is 6.54 Å². The molecule has 1 saturated heterocycles. The molecule has 1 aliphatic heterocycles. The highest BCUT2D eigenvalue weighted by atomic mass is 15.2. The fourth-order valence-corrected chi connectivity index (χ4v) is 4.00. The normalized spacial score (nSPS) is 19.4. The van der Waals surface area contributed by atoms with Gasteiger partial charge in [0.25, 0.3) is 0 Å². The zero-order chi connectivity index (χ0) is 15.0. The van der Waals surface area contributed by atoms with Gasteiger partial charge in [0.15, 0.2) is 0 Å². The minimum absolute atomic E-state index is 0.599. The molecule has 1 heterocycles. The van der Waals surface area contributed by atoms with Gasteiger partial charge >= 0.3 is 0 Å². The van der Waals surface area contributed by atoms with Gasteiger partial charge in [-0.1, -0.05) is 36.8 Å². The zero-order valence-electron chi connectivity index (χ0n) is 13.1. The van der Waals surface area contributed by atoms with Gasteiger partial charge in [0.1, 0.15) is 0 Å². The number of rotatable bonds is 3. The Morgan fingerprint density at radius 1 is 0.955 bits per heavy atom. The van der Waals surface area contributed by atoms with E-state index in [1.54, 1.807) is 0 Å². The van der Waals surface area contributed by atoms with Crippen molar-refractivity contribution in [2.75, 3.05) is 18.0 Å². The maximum Gasteiger partial charge on any atom is 0.0372 e. The summed E-state index contributed by atoms with van der Waals surface area (Å²) in [6.45, 7) is 3.06. The lowest BCUT2D eigenvalue weighted by atomic mass is 9.68. The molecule has 0 bridgehead atoms. The average Bonchev–Trinajstić information content (AvgIpc) is 3.01. The van der Waals surface area contributed by atoms with E-state index in [-0.39, 0.29) is 0 Å². The quantitative estimate of drug-likeness (QED) is 0.919. The van der Waals surface area contributed by atoms with Crippen LogP contribution in [0.15, 0.2) is 48.5 Å². The van der Waals surface area contributed by atoms with Crippen LogP contribution in [-0.4, -0.2) is 13.1 Å². The first-order valence-electron chi connectivity index (χ1n) is 8.42. The summed E-state index contributed by atoms with van der Waals surface area (Å²) >= 11 is 0. The Kier molecular flexibility index (Phi) is 3.42. The van der Waals surface area contributed by atoms with E-state index in [9.17, 15) is 0 Å². The molecule has 1 aliphatic carbocycles. The van der Waals surface area contributed by atoms with Gasteiger partial charge in [-0.05, 0) is 59.6 Å².